The van der Waals surface area contributed by atoms with Gasteiger partial charge in [0.2, 0.25) is 0 Å². The molecule has 5 rings (SSSR count). The van der Waals surface area contributed by atoms with E-state index in [-0.39, 0.29) is 0 Å². The van der Waals surface area contributed by atoms with Gasteiger partial charge in [0.15, 0.2) is 0 Å². The Labute approximate surface area is 157 Å². The number of nitrogens with zero attached hydrogens (tertiary/aromatic N) is 2. The fourth-order valence-electron chi connectivity index (χ4n) is 5.79. The van der Waals surface area contributed by atoms with Gasteiger partial charge in [-0.15, -0.1) is 0 Å². The first kappa shape index (κ1) is 16.9. The predicted octanol–water partition coefficient (Wildman–Crippen LogP) is 3.41. The van der Waals surface area contributed by atoms with Gasteiger partial charge in [0, 0.05) is 68.8 Å². The second-order valence-electron chi connectivity index (χ2n) is 8.43. The number of ether oxygens (including phenoxy) is 2. The molecule has 0 aliphatic carbocycles. The quantitative estimate of drug-likeness (QED) is 0.759. The zero-order chi connectivity index (χ0) is 17.6. The Hall–Kier alpha value is -1.20. The Morgan fingerprint density at radius 1 is 0.962 bits per heavy atom. The van der Waals surface area contributed by atoms with Crippen molar-refractivity contribution in [3.05, 3.63) is 35.5 Å². The lowest BCUT2D eigenvalue weighted by Gasteiger charge is -2.44. The summed E-state index contributed by atoms with van der Waals surface area (Å²) in [6, 6.07) is 10.5. The van der Waals surface area contributed by atoms with E-state index >= 15 is 0 Å². The first-order chi connectivity index (χ1) is 12.8. The highest BCUT2D eigenvalue weighted by molar-refractivity contribution is 5.87. The molecule has 0 N–H and O–H groups in total. The van der Waals surface area contributed by atoms with Crippen LogP contribution in [-0.2, 0) is 9.47 Å². The van der Waals surface area contributed by atoms with Crippen molar-refractivity contribution >= 4 is 11.3 Å². The molecule has 4 aliphatic rings. The van der Waals surface area contributed by atoms with Crippen LogP contribution in [0.5, 0.6) is 0 Å². The van der Waals surface area contributed by atoms with Crippen LogP contribution in [-0.4, -0.2) is 63.5 Å². The zero-order valence-electron chi connectivity index (χ0n) is 16.0. The third-order valence-corrected chi connectivity index (χ3v) is 7.26. The van der Waals surface area contributed by atoms with Crippen LogP contribution in [0.1, 0.15) is 37.7 Å². The Balaban J connectivity index is 1.51. The van der Waals surface area contributed by atoms with E-state index in [4.69, 9.17) is 9.47 Å². The molecule has 1 aromatic carbocycles. The number of fused-ring (bicyclic) bond motifs is 2. The van der Waals surface area contributed by atoms with Gasteiger partial charge in [-0.2, -0.15) is 0 Å². The highest BCUT2D eigenvalue weighted by atomic mass is 16.5. The van der Waals surface area contributed by atoms with Gasteiger partial charge in [0.1, 0.15) is 17.4 Å². The number of para-hydroxylation sites is 1. The van der Waals surface area contributed by atoms with Gasteiger partial charge in [0.05, 0.1) is 20.3 Å². The average Bonchev–Trinajstić information content (AvgIpc) is 2.99. The maximum Gasteiger partial charge on any atom is 0.145 e. The SMILES string of the molecule is C[N+]1(C2CCOCC2)C2=C(CN(C3CCOCC3)CC2)c2ccccc21. The van der Waals surface area contributed by atoms with Gasteiger partial charge in [-0.05, 0) is 18.9 Å². The topological polar surface area (TPSA) is 21.7 Å². The van der Waals surface area contributed by atoms with E-state index in [0.717, 1.165) is 37.5 Å². The van der Waals surface area contributed by atoms with Crippen molar-refractivity contribution in [1.29, 1.82) is 0 Å². The van der Waals surface area contributed by atoms with Gasteiger partial charge >= 0.3 is 0 Å². The molecule has 4 nitrogen and oxygen atoms in total. The maximum absolute atomic E-state index is 5.68. The fourth-order valence-corrected chi connectivity index (χ4v) is 5.79. The van der Waals surface area contributed by atoms with Crippen LogP contribution in [0.25, 0.3) is 5.57 Å². The van der Waals surface area contributed by atoms with Crippen molar-refractivity contribution in [2.75, 3.05) is 46.6 Å². The lowest BCUT2D eigenvalue weighted by atomic mass is 9.97. The summed E-state index contributed by atoms with van der Waals surface area (Å²) in [5.41, 5.74) is 6.33. The van der Waals surface area contributed by atoms with Crippen LogP contribution < -0.4 is 4.48 Å². The summed E-state index contributed by atoms with van der Waals surface area (Å²) in [4.78, 5) is 2.73. The molecular formula is C22H31N2O2+. The van der Waals surface area contributed by atoms with Crippen molar-refractivity contribution in [1.82, 2.24) is 9.38 Å². The van der Waals surface area contributed by atoms with Crippen LogP contribution in [0.15, 0.2) is 30.0 Å². The molecule has 0 saturated carbocycles. The molecule has 4 heterocycles. The Kier molecular flexibility index (Phi) is 4.40. The minimum absolute atomic E-state index is 0.659. The second kappa shape index (κ2) is 6.75. The van der Waals surface area contributed by atoms with E-state index in [1.807, 2.05) is 0 Å². The molecule has 2 fully saturated rings. The molecule has 0 amide bonds. The summed E-state index contributed by atoms with van der Waals surface area (Å²) in [6.07, 6.45) is 5.93. The van der Waals surface area contributed by atoms with E-state index in [1.54, 1.807) is 11.3 Å². The number of quaternary nitrogens is 1. The first-order valence-electron chi connectivity index (χ1n) is 10.4. The van der Waals surface area contributed by atoms with E-state index in [9.17, 15) is 0 Å². The molecule has 1 aromatic rings. The summed E-state index contributed by atoms with van der Waals surface area (Å²) in [5.74, 6) is 0. The van der Waals surface area contributed by atoms with E-state index < -0.39 is 0 Å². The van der Waals surface area contributed by atoms with Crippen LogP contribution in [0, 0.1) is 0 Å². The maximum atomic E-state index is 5.68. The zero-order valence-corrected chi connectivity index (χ0v) is 16.0. The third-order valence-electron chi connectivity index (χ3n) is 7.26. The minimum Gasteiger partial charge on any atom is -0.381 e. The lowest BCUT2D eigenvalue weighted by molar-refractivity contribution is 0.0347. The Bertz CT molecular complexity index is 704. The minimum atomic E-state index is 0.659. The second-order valence-corrected chi connectivity index (χ2v) is 8.43. The number of hydrogen-bond acceptors (Lipinski definition) is 3. The van der Waals surface area contributed by atoms with Gasteiger partial charge in [-0.1, -0.05) is 12.1 Å². The lowest BCUT2D eigenvalue weighted by Crippen LogP contribution is -2.55. The van der Waals surface area contributed by atoms with Crippen molar-refractivity contribution < 1.29 is 9.47 Å². The van der Waals surface area contributed by atoms with E-state index in [1.165, 1.54) is 49.9 Å². The number of rotatable bonds is 2. The van der Waals surface area contributed by atoms with Gasteiger partial charge in [-0.3, -0.25) is 9.38 Å². The Morgan fingerprint density at radius 2 is 1.65 bits per heavy atom. The molecule has 4 heteroatoms. The highest BCUT2D eigenvalue weighted by Gasteiger charge is 2.49. The number of hydrogen-bond donors (Lipinski definition) is 0. The van der Waals surface area contributed by atoms with Gasteiger partial charge in [-0.25, -0.2) is 0 Å². The number of benzene rings is 1. The summed E-state index contributed by atoms with van der Waals surface area (Å²) in [5, 5.41) is 0. The molecule has 26 heavy (non-hydrogen) atoms. The van der Waals surface area contributed by atoms with Crippen molar-refractivity contribution in [2.24, 2.45) is 0 Å². The van der Waals surface area contributed by atoms with Crippen LogP contribution in [0.4, 0.5) is 5.69 Å². The molecule has 1 atom stereocenters. The van der Waals surface area contributed by atoms with Crippen molar-refractivity contribution in [2.45, 2.75) is 44.2 Å². The monoisotopic (exact) mass is 355 g/mol. The Morgan fingerprint density at radius 3 is 2.42 bits per heavy atom. The third kappa shape index (κ3) is 2.58. The smallest absolute Gasteiger partial charge is 0.145 e. The van der Waals surface area contributed by atoms with E-state index in [2.05, 4.69) is 36.2 Å². The molecule has 0 bridgehead atoms. The average molecular weight is 356 g/mol. The fraction of sp³-hybridized carbons (Fsp3) is 0.636. The first-order valence-corrected chi connectivity index (χ1v) is 10.4. The standard InChI is InChI=1S/C22H31N2O2/c1-24(18-9-14-26-15-10-18)21-5-3-2-4-19(21)20-16-23(11-6-22(20)24)17-7-12-25-13-8-17/h2-5,17-18H,6-16H2,1H3/q+1. The predicted molar refractivity (Wildman–Crippen MR) is 105 cm³/mol. The van der Waals surface area contributed by atoms with Gasteiger partial charge < -0.3 is 9.47 Å². The molecule has 4 aliphatic heterocycles. The van der Waals surface area contributed by atoms with Crippen molar-refractivity contribution in [3.8, 4) is 0 Å². The molecule has 2 saturated heterocycles. The van der Waals surface area contributed by atoms with Crippen LogP contribution in [0.2, 0.25) is 0 Å². The molecule has 0 aromatic heterocycles. The summed E-state index contributed by atoms with van der Waals surface area (Å²) >= 11 is 0. The van der Waals surface area contributed by atoms with Crippen molar-refractivity contribution in [3.63, 3.8) is 0 Å². The molecular weight excluding hydrogens is 324 g/mol. The summed E-state index contributed by atoms with van der Waals surface area (Å²) in [6.45, 7) is 6.01. The normalized spacial score (nSPS) is 31.1. The molecule has 140 valence electrons. The molecule has 1 unspecified atom stereocenters. The van der Waals surface area contributed by atoms with Crippen LogP contribution in [0.3, 0.4) is 0 Å². The molecule has 0 spiro atoms. The molecule has 0 radical (unpaired) electrons. The van der Waals surface area contributed by atoms with Gasteiger partial charge in [0.25, 0.3) is 0 Å². The van der Waals surface area contributed by atoms with E-state index in [0.29, 0.717) is 12.1 Å². The largest absolute Gasteiger partial charge is 0.381 e. The summed E-state index contributed by atoms with van der Waals surface area (Å²) in [7, 11) is 2.47. The highest BCUT2D eigenvalue weighted by Crippen LogP contribution is 2.50. The van der Waals surface area contributed by atoms with Crippen LogP contribution >= 0.6 is 0 Å². The summed E-state index contributed by atoms with van der Waals surface area (Å²) < 4.78 is 12.3.